The van der Waals surface area contributed by atoms with Crippen molar-refractivity contribution in [2.24, 2.45) is 5.73 Å². The van der Waals surface area contributed by atoms with Gasteiger partial charge in [0.05, 0.1) is 0 Å². The summed E-state index contributed by atoms with van der Waals surface area (Å²) in [6, 6.07) is 2.00. The summed E-state index contributed by atoms with van der Waals surface area (Å²) in [5, 5.41) is 6.85. The first-order valence-corrected chi connectivity index (χ1v) is 5.48. The Morgan fingerprint density at radius 1 is 1.64 bits per heavy atom. The van der Waals surface area contributed by atoms with Crippen molar-refractivity contribution in [2.75, 3.05) is 0 Å². The van der Waals surface area contributed by atoms with Gasteiger partial charge in [0.25, 0.3) is 0 Å². The molecule has 1 aromatic rings. The number of hydrogen-bond donors (Lipinski definition) is 2. The highest BCUT2D eigenvalue weighted by molar-refractivity contribution is 7.07. The zero-order valence-electron chi connectivity index (χ0n) is 8.54. The maximum absolute atomic E-state index is 11.4. The standard InChI is InChI=1S/C10H16N2OS/c1-10(2,11)5-9(13)12-6-8-3-4-14-7-8/h3-4,7H,5-6,11H2,1-2H3,(H,12,13). The smallest absolute Gasteiger partial charge is 0.222 e. The fourth-order valence-electron chi connectivity index (χ4n) is 1.07. The fourth-order valence-corrected chi connectivity index (χ4v) is 1.74. The Balaban J connectivity index is 2.29. The van der Waals surface area contributed by atoms with Crippen LogP contribution in [0.5, 0.6) is 0 Å². The lowest BCUT2D eigenvalue weighted by Gasteiger charge is -2.17. The number of nitrogens with one attached hydrogen (secondary N) is 1. The van der Waals surface area contributed by atoms with E-state index in [9.17, 15) is 4.79 Å². The molecule has 0 aliphatic carbocycles. The van der Waals surface area contributed by atoms with Crippen molar-refractivity contribution in [2.45, 2.75) is 32.4 Å². The van der Waals surface area contributed by atoms with Gasteiger partial charge in [-0.1, -0.05) is 0 Å². The first kappa shape index (κ1) is 11.2. The third-order valence-electron chi connectivity index (χ3n) is 1.69. The van der Waals surface area contributed by atoms with E-state index in [0.717, 1.165) is 5.56 Å². The summed E-state index contributed by atoms with van der Waals surface area (Å²) in [7, 11) is 0. The molecule has 1 aromatic heterocycles. The number of hydrogen-bond acceptors (Lipinski definition) is 3. The highest BCUT2D eigenvalue weighted by atomic mass is 32.1. The second-order valence-corrected chi connectivity index (χ2v) is 4.85. The molecule has 0 aliphatic rings. The van der Waals surface area contributed by atoms with E-state index in [-0.39, 0.29) is 5.91 Å². The predicted molar refractivity (Wildman–Crippen MR) is 59.0 cm³/mol. The van der Waals surface area contributed by atoms with Gasteiger partial charge in [-0.2, -0.15) is 11.3 Å². The van der Waals surface area contributed by atoms with Crippen LogP contribution in [-0.2, 0) is 11.3 Å². The van der Waals surface area contributed by atoms with Crippen LogP contribution in [0.15, 0.2) is 16.8 Å². The average molecular weight is 212 g/mol. The van der Waals surface area contributed by atoms with Crippen LogP contribution in [-0.4, -0.2) is 11.4 Å². The van der Waals surface area contributed by atoms with Crippen LogP contribution in [0.25, 0.3) is 0 Å². The topological polar surface area (TPSA) is 55.1 Å². The van der Waals surface area contributed by atoms with Crippen LogP contribution in [0.1, 0.15) is 25.8 Å². The first-order valence-electron chi connectivity index (χ1n) is 4.54. The van der Waals surface area contributed by atoms with Crippen LogP contribution >= 0.6 is 11.3 Å². The van der Waals surface area contributed by atoms with E-state index in [4.69, 9.17) is 5.73 Å². The third kappa shape index (κ3) is 4.39. The average Bonchev–Trinajstić information content (AvgIpc) is 2.49. The number of thiophene rings is 1. The molecule has 0 atom stereocenters. The number of carbonyl (C=O) groups is 1. The maximum Gasteiger partial charge on any atom is 0.222 e. The molecule has 14 heavy (non-hydrogen) atoms. The zero-order valence-corrected chi connectivity index (χ0v) is 9.36. The molecule has 78 valence electrons. The minimum absolute atomic E-state index is 0.00343. The Kier molecular flexibility index (Phi) is 3.66. The molecular formula is C10H16N2OS. The van der Waals surface area contributed by atoms with Gasteiger partial charge >= 0.3 is 0 Å². The normalized spacial score (nSPS) is 11.4. The summed E-state index contributed by atoms with van der Waals surface area (Å²) >= 11 is 1.63. The second kappa shape index (κ2) is 4.57. The molecular weight excluding hydrogens is 196 g/mol. The Morgan fingerprint density at radius 3 is 2.86 bits per heavy atom. The Bertz CT molecular complexity index is 288. The lowest BCUT2D eigenvalue weighted by molar-refractivity contribution is -0.122. The van der Waals surface area contributed by atoms with Crippen LogP contribution in [0, 0.1) is 0 Å². The van der Waals surface area contributed by atoms with E-state index >= 15 is 0 Å². The quantitative estimate of drug-likeness (QED) is 0.794. The minimum atomic E-state index is -0.432. The molecule has 3 nitrogen and oxygen atoms in total. The van der Waals surface area contributed by atoms with Gasteiger partial charge in [0.1, 0.15) is 0 Å². The summed E-state index contributed by atoms with van der Waals surface area (Å²) in [5.41, 5.74) is 6.43. The number of amides is 1. The fraction of sp³-hybridized carbons (Fsp3) is 0.500. The predicted octanol–water partition coefficient (Wildman–Crippen LogP) is 1.49. The van der Waals surface area contributed by atoms with Crippen molar-refractivity contribution in [3.63, 3.8) is 0 Å². The molecule has 0 saturated heterocycles. The minimum Gasteiger partial charge on any atom is -0.352 e. The van der Waals surface area contributed by atoms with Gasteiger partial charge in [-0.15, -0.1) is 0 Å². The highest BCUT2D eigenvalue weighted by Gasteiger charge is 2.15. The Labute approximate surface area is 88.3 Å². The molecule has 0 radical (unpaired) electrons. The van der Waals surface area contributed by atoms with E-state index in [1.807, 2.05) is 30.7 Å². The number of carbonyl (C=O) groups excluding carboxylic acids is 1. The second-order valence-electron chi connectivity index (χ2n) is 4.07. The van der Waals surface area contributed by atoms with Gasteiger partial charge in [0.15, 0.2) is 0 Å². The molecule has 0 aliphatic heterocycles. The maximum atomic E-state index is 11.4. The number of nitrogens with two attached hydrogens (primary N) is 1. The molecule has 1 heterocycles. The largest absolute Gasteiger partial charge is 0.352 e. The van der Waals surface area contributed by atoms with Gasteiger partial charge in [-0.3, -0.25) is 4.79 Å². The zero-order chi connectivity index (χ0) is 10.6. The first-order chi connectivity index (χ1) is 6.47. The summed E-state index contributed by atoms with van der Waals surface area (Å²) in [5.74, 6) is 0.00343. The van der Waals surface area contributed by atoms with Gasteiger partial charge in [0, 0.05) is 18.5 Å². The highest BCUT2D eigenvalue weighted by Crippen LogP contribution is 2.06. The van der Waals surface area contributed by atoms with Gasteiger partial charge in [0.2, 0.25) is 5.91 Å². The molecule has 0 spiro atoms. The van der Waals surface area contributed by atoms with Crippen molar-refractivity contribution in [3.8, 4) is 0 Å². The van der Waals surface area contributed by atoms with Crippen molar-refractivity contribution in [3.05, 3.63) is 22.4 Å². The van der Waals surface area contributed by atoms with Crippen LogP contribution in [0.4, 0.5) is 0 Å². The SMILES string of the molecule is CC(C)(N)CC(=O)NCc1ccsc1. The van der Waals surface area contributed by atoms with Crippen molar-refractivity contribution in [1.82, 2.24) is 5.32 Å². The molecule has 3 N–H and O–H groups in total. The molecule has 0 bridgehead atoms. The van der Waals surface area contributed by atoms with Crippen molar-refractivity contribution in [1.29, 1.82) is 0 Å². The van der Waals surface area contributed by atoms with E-state index in [1.165, 1.54) is 0 Å². The molecule has 1 rings (SSSR count). The van der Waals surface area contributed by atoms with Gasteiger partial charge in [-0.25, -0.2) is 0 Å². The molecule has 0 fully saturated rings. The molecule has 0 unspecified atom stereocenters. The van der Waals surface area contributed by atoms with E-state index in [0.29, 0.717) is 13.0 Å². The lowest BCUT2D eigenvalue weighted by Crippen LogP contribution is -2.38. The van der Waals surface area contributed by atoms with Crippen molar-refractivity contribution >= 4 is 17.2 Å². The summed E-state index contributed by atoms with van der Waals surface area (Å²) in [6.07, 6.45) is 0.358. The molecule has 0 saturated carbocycles. The van der Waals surface area contributed by atoms with E-state index in [2.05, 4.69) is 5.32 Å². The third-order valence-corrected chi connectivity index (χ3v) is 2.42. The molecule has 0 aromatic carbocycles. The van der Waals surface area contributed by atoms with Crippen molar-refractivity contribution < 1.29 is 4.79 Å². The summed E-state index contributed by atoms with van der Waals surface area (Å²) in [6.45, 7) is 4.28. The van der Waals surface area contributed by atoms with E-state index in [1.54, 1.807) is 11.3 Å². The lowest BCUT2D eigenvalue weighted by atomic mass is 10.0. The monoisotopic (exact) mass is 212 g/mol. The summed E-state index contributed by atoms with van der Waals surface area (Å²) in [4.78, 5) is 11.4. The van der Waals surface area contributed by atoms with Crippen LogP contribution in [0.3, 0.4) is 0 Å². The molecule has 1 amide bonds. The number of rotatable bonds is 4. The Hall–Kier alpha value is -0.870. The summed E-state index contributed by atoms with van der Waals surface area (Å²) < 4.78 is 0. The molecule has 4 heteroatoms. The van der Waals surface area contributed by atoms with Crippen LogP contribution in [0.2, 0.25) is 0 Å². The van der Waals surface area contributed by atoms with E-state index < -0.39 is 5.54 Å². The van der Waals surface area contributed by atoms with Gasteiger partial charge < -0.3 is 11.1 Å². The Morgan fingerprint density at radius 2 is 2.36 bits per heavy atom. The van der Waals surface area contributed by atoms with Crippen LogP contribution < -0.4 is 11.1 Å². The van der Waals surface area contributed by atoms with Gasteiger partial charge in [-0.05, 0) is 36.2 Å².